The summed E-state index contributed by atoms with van der Waals surface area (Å²) in [6.07, 6.45) is -0.268. The molecule has 0 aliphatic carbocycles. The lowest BCUT2D eigenvalue weighted by atomic mass is 10.1. The summed E-state index contributed by atoms with van der Waals surface area (Å²) < 4.78 is 37.4. The first kappa shape index (κ1) is 15.8. The van der Waals surface area contributed by atoms with Crippen molar-refractivity contribution < 1.29 is 18.0 Å². The van der Waals surface area contributed by atoms with Crippen LogP contribution in [0.3, 0.4) is 0 Å². The summed E-state index contributed by atoms with van der Waals surface area (Å²) in [5.41, 5.74) is 4.69. The van der Waals surface area contributed by atoms with Crippen LogP contribution in [-0.4, -0.2) is 34.9 Å². The third-order valence-corrected chi connectivity index (χ3v) is 3.69. The Morgan fingerprint density at radius 2 is 2.19 bits per heavy atom. The molecule has 1 aromatic rings. The number of aromatic nitrogens is 1. The molecule has 1 saturated heterocycles. The quantitative estimate of drug-likeness (QED) is 0.929. The average molecular weight is 301 g/mol. The zero-order valence-electron chi connectivity index (χ0n) is 11.6. The zero-order chi connectivity index (χ0) is 15.5. The van der Waals surface area contributed by atoms with Gasteiger partial charge in [-0.15, -0.1) is 0 Å². The van der Waals surface area contributed by atoms with Crippen LogP contribution in [-0.2, 0) is 6.18 Å². The van der Waals surface area contributed by atoms with E-state index in [1.807, 2.05) is 0 Å². The lowest BCUT2D eigenvalue weighted by molar-refractivity contribution is -0.137. The van der Waals surface area contributed by atoms with Crippen molar-refractivity contribution in [1.82, 2.24) is 9.88 Å². The molecule has 1 atom stereocenters. The van der Waals surface area contributed by atoms with Crippen LogP contribution in [0.2, 0.25) is 0 Å². The molecular formula is C14H18F3N3O. The van der Waals surface area contributed by atoms with E-state index in [-0.39, 0.29) is 17.6 Å². The van der Waals surface area contributed by atoms with Gasteiger partial charge in [0.15, 0.2) is 0 Å². The van der Waals surface area contributed by atoms with E-state index in [2.05, 4.69) is 4.98 Å². The molecule has 116 valence electrons. The van der Waals surface area contributed by atoms with E-state index >= 15 is 0 Å². The van der Waals surface area contributed by atoms with Gasteiger partial charge in [0, 0.05) is 18.8 Å². The molecule has 1 fully saturated rings. The van der Waals surface area contributed by atoms with Crippen LogP contribution >= 0.6 is 0 Å². The number of nitrogens with zero attached hydrogens (tertiary/aromatic N) is 2. The Morgan fingerprint density at radius 3 is 2.76 bits per heavy atom. The fourth-order valence-corrected chi connectivity index (χ4v) is 2.59. The van der Waals surface area contributed by atoms with E-state index in [1.165, 1.54) is 0 Å². The van der Waals surface area contributed by atoms with E-state index < -0.39 is 11.7 Å². The van der Waals surface area contributed by atoms with Gasteiger partial charge in [0.1, 0.15) is 5.69 Å². The first-order valence-corrected chi connectivity index (χ1v) is 6.98. The topological polar surface area (TPSA) is 59.2 Å². The molecule has 2 heterocycles. The maximum Gasteiger partial charge on any atom is 0.417 e. The van der Waals surface area contributed by atoms with Gasteiger partial charge in [-0.3, -0.25) is 9.78 Å². The number of hydrogen-bond donors (Lipinski definition) is 1. The van der Waals surface area contributed by atoms with Crippen LogP contribution in [0.5, 0.6) is 0 Å². The van der Waals surface area contributed by atoms with Crippen molar-refractivity contribution in [2.24, 2.45) is 5.73 Å². The molecule has 7 heteroatoms. The van der Waals surface area contributed by atoms with Crippen molar-refractivity contribution in [2.45, 2.75) is 37.9 Å². The molecule has 1 aliphatic rings. The molecule has 1 amide bonds. The van der Waals surface area contributed by atoms with Crippen molar-refractivity contribution in [1.29, 1.82) is 0 Å². The fourth-order valence-electron chi connectivity index (χ4n) is 2.59. The highest BCUT2D eigenvalue weighted by Gasteiger charge is 2.32. The second-order valence-corrected chi connectivity index (χ2v) is 5.16. The number of carbonyl (C=O) groups excluding carboxylic acids is 1. The van der Waals surface area contributed by atoms with Gasteiger partial charge in [-0.1, -0.05) is 0 Å². The maximum atomic E-state index is 12.5. The van der Waals surface area contributed by atoms with Gasteiger partial charge in [0.05, 0.1) is 5.56 Å². The Balaban J connectivity index is 2.08. The highest BCUT2D eigenvalue weighted by molar-refractivity contribution is 5.92. The van der Waals surface area contributed by atoms with Gasteiger partial charge in [-0.2, -0.15) is 13.2 Å². The highest BCUT2D eigenvalue weighted by Crippen LogP contribution is 2.29. The first-order chi connectivity index (χ1) is 9.93. The van der Waals surface area contributed by atoms with Crippen LogP contribution < -0.4 is 5.73 Å². The Bertz CT molecular complexity index is 487. The number of pyridine rings is 1. The molecule has 1 aliphatic heterocycles. The van der Waals surface area contributed by atoms with Crippen LogP contribution in [0, 0.1) is 0 Å². The molecular weight excluding hydrogens is 283 g/mol. The summed E-state index contributed by atoms with van der Waals surface area (Å²) >= 11 is 0. The van der Waals surface area contributed by atoms with Gasteiger partial charge < -0.3 is 10.6 Å². The lowest BCUT2D eigenvalue weighted by Crippen LogP contribution is -2.36. The molecule has 2 rings (SSSR count). The fraction of sp³-hybridized carbons (Fsp3) is 0.571. The van der Waals surface area contributed by atoms with Gasteiger partial charge >= 0.3 is 6.18 Å². The molecule has 0 aromatic carbocycles. The van der Waals surface area contributed by atoms with E-state index in [0.717, 1.165) is 37.8 Å². The summed E-state index contributed by atoms with van der Waals surface area (Å²) in [6, 6.07) is 2.15. The summed E-state index contributed by atoms with van der Waals surface area (Å²) in [4.78, 5) is 17.7. The van der Waals surface area contributed by atoms with Crippen LogP contribution in [0.1, 0.15) is 41.7 Å². The molecule has 1 unspecified atom stereocenters. The summed E-state index contributed by atoms with van der Waals surface area (Å²) in [6.45, 7) is 1.19. The molecule has 0 bridgehead atoms. The molecule has 0 saturated carbocycles. The molecule has 0 radical (unpaired) electrons. The van der Waals surface area contributed by atoms with E-state index in [1.54, 1.807) is 4.90 Å². The van der Waals surface area contributed by atoms with Crippen molar-refractivity contribution in [3.8, 4) is 0 Å². The Morgan fingerprint density at radius 1 is 1.43 bits per heavy atom. The number of halogens is 3. The molecule has 4 nitrogen and oxygen atoms in total. The van der Waals surface area contributed by atoms with Crippen LogP contribution in [0.25, 0.3) is 0 Å². The van der Waals surface area contributed by atoms with Crippen molar-refractivity contribution in [2.75, 3.05) is 13.1 Å². The summed E-state index contributed by atoms with van der Waals surface area (Å²) in [5, 5.41) is 0. The maximum absolute atomic E-state index is 12.5. The second kappa shape index (κ2) is 6.43. The summed E-state index contributed by atoms with van der Waals surface area (Å²) in [7, 11) is 0. The Hall–Kier alpha value is -1.63. The number of rotatable bonds is 4. The van der Waals surface area contributed by atoms with Gasteiger partial charge in [-0.25, -0.2) is 0 Å². The minimum atomic E-state index is -4.44. The zero-order valence-corrected chi connectivity index (χ0v) is 11.6. The van der Waals surface area contributed by atoms with Crippen LogP contribution in [0.15, 0.2) is 18.3 Å². The number of hydrogen-bond acceptors (Lipinski definition) is 3. The highest BCUT2D eigenvalue weighted by atomic mass is 19.4. The molecule has 21 heavy (non-hydrogen) atoms. The average Bonchev–Trinajstić information content (AvgIpc) is 2.92. The normalized spacial score (nSPS) is 19.0. The first-order valence-electron chi connectivity index (χ1n) is 6.98. The van der Waals surface area contributed by atoms with E-state index in [4.69, 9.17) is 5.73 Å². The third-order valence-electron chi connectivity index (χ3n) is 3.69. The summed E-state index contributed by atoms with van der Waals surface area (Å²) in [5.74, 6) is -0.303. The Labute approximate surface area is 121 Å². The molecule has 2 N–H and O–H groups in total. The predicted octanol–water partition coefficient (Wildman–Crippen LogP) is 2.44. The smallest absolute Gasteiger partial charge is 0.334 e. The number of amides is 1. The predicted molar refractivity (Wildman–Crippen MR) is 71.6 cm³/mol. The van der Waals surface area contributed by atoms with Gasteiger partial charge in [0.25, 0.3) is 5.91 Å². The number of carbonyl (C=O) groups is 1. The minimum absolute atomic E-state index is 0.0580. The third kappa shape index (κ3) is 3.72. The van der Waals surface area contributed by atoms with E-state index in [0.29, 0.717) is 19.3 Å². The number of nitrogens with two attached hydrogens (primary N) is 1. The van der Waals surface area contributed by atoms with Gasteiger partial charge in [-0.05, 0) is 44.4 Å². The standard InChI is InChI=1S/C14H18F3N3O/c15-14(16,17)10-5-6-12(19-9-10)13(21)20-8-2-4-11(20)3-1-7-18/h5-6,9,11H,1-4,7-8,18H2. The van der Waals surface area contributed by atoms with Crippen LogP contribution in [0.4, 0.5) is 13.2 Å². The Kier molecular flexibility index (Phi) is 4.82. The second-order valence-electron chi connectivity index (χ2n) is 5.16. The number of likely N-dealkylation sites (tertiary alicyclic amines) is 1. The largest absolute Gasteiger partial charge is 0.417 e. The van der Waals surface area contributed by atoms with Crippen molar-refractivity contribution >= 4 is 5.91 Å². The van der Waals surface area contributed by atoms with Crippen molar-refractivity contribution in [3.63, 3.8) is 0 Å². The molecule has 0 spiro atoms. The molecule has 1 aromatic heterocycles. The number of alkyl halides is 3. The SMILES string of the molecule is NCCCC1CCCN1C(=O)c1ccc(C(F)(F)F)cn1. The minimum Gasteiger partial charge on any atom is -0.334 e. The van der Waals surface area contributed by atoms with E-state index in [9.17, 15) is 18.0 Å². The lowest BCUT2D eigenvalue weighted by Gasteiger charge is -2.24. The van der Waals surface area contributed by atoms with Crippen molar-refractivity contribution in [3.05, 3.63) is 29.6 Å². The van der Waals surface area contributed by atoms with Gasteiger partial charge in [0.2, 0.25) is 0 Å². The monoisotopic (exact) mass is 301 g/mol.